The zero-order valence-corrected chi connectivity index (χ0v) is 12.0. The van der Waals surface area contributed by atoms with Crippen LogP contribution in [0, 0.1) is 0 Å². The van der Waals surface area contributed by atoms with Gasteiger partial charge < -0.3 is 15.0 Å². The van der Waals surface area contributed by atoms with Crippen molar-refractivity contribution in [2.24, 2.45) is 0 Å². The summed E-state index contributed by atoms with van der Waals surface area (Å²) in [7, 11) is 0. The predicted octanol–water partition coefficient (Wildman–Crippen LogP) is 2.45. The van der Waals surface area contributed by atoms with E-state index in [1.807, 2.05) is 0 Å². The van der Waals surface area contributed by atoms with Gasteiger partial charge in [0.25, 0.3) is 5.91 Å². The molecule has 0 fully saturated rings. The third kappa shape index (κ3) is 4.43. The first-order valence-corrected chi connectivity index (χ1v) is 6.72. The fraction of sp³-hybridized carbons (Fsp3) is 0.231. The van der Waals surface area contributed by atoms with Gasteiger partial charge in [-0.25, -0.2) is 4.98 Å². The molecule has 0 spiro atoms. The number of nitrogens with zero attached hydrogens (tertiary/aromatic N) is 1. The van der Waals surface area contributed by atoms with E-state index in [0.29, 0.717) is 28.8 Å². The molecular formula is C13H13Cl2N3O2. The van der Waals surface area contributed by atoms with Gasteiger partial charge in [-0.3, -0.25) is 4.79 Å². The summed E-state index contributed by atoms with van der Waals surface area (Å²) in [5, 5.41) is 3.66. The molecule has 0 aliphatic rings. The van der Waals surface area contributed by atoms with E-state index in [-0.39, 0.29) is 12.5 Å². The lowest BCUT2D eigenvalue weighted by molar-refractivity contribution is -0.123. The van der Waals surface area contributed by atoms with Crippen molar-refractivity contribution in [2.45, 2.75) is 6.42 Å². The maximum atomic E-state index is 11.6. The van der Waals surface area contributed by atoms with Gasteiger partial charge >= 0.3 is 0 Å². The quantitative estimate of drug-likeness (QED) is 0.861. The van der Waals surface area contributed by atoms with Crippen LogP contribution in [0.25, 0.3) is 0 Å². The molecule has 1 aromatic carbocycles. The number of carbonyl (C=O) groups is 1. The van der Waals surface area contributed by atoms with Crippen LogP contribution in [0.1, 0.15) is 5.69 Å². The monoisotopic (exact) mass is 313 g/mol. The van der Waals surface area contributed by atoms with Gasteiger partial charge in [-0.1, -0.05) is 23.2 Å². The van der Waals surface area contributed by atoms with Crippen LogP contribution in [0.5, 0.6) is 5.75 Å². The highest BCUT2D eigenvalue weighted by Gasteiger charge is 2.06. The Morgan fingerprint density at radius 3 is 3.00 bits per heavy atom. The third-order valence-electron chi connectivity index (χ3n) is 2.52. The standard InChI is InChI=1S/C13H13Cl2N3O2/c14-9-1-2-11(15)12(5-9)20-7-13(19)17-4-3-10-6-16-8-18-10/h1-2,5-6,8H,3-4,7H2,(H,16,18)(H,17,19). The van der Waals surface area contributed by atoms with Crippen molar-refractivity contribution in [3.8, 4) is 5.75 Å². The number of nitrogens with one attached hydrogen (secondary N) is 2. The minimum absolute atomic E-state index is 0.108. The zero-order valence-electron chi connectivity index (χ0n) is 10.5. The first-order chi connectivity index (χ1) is 9.65. The second kappa shape index (κ2) is 7.17. The van der Waals surface area contributed by atoms with E-state index in [4.69, 9.17) is 27.9 Å². The van der Waals surface area contributed by atoms with Crippen LogP contribution < -0.4 is 10.1 Å². The van der Waals surface area contributed by atoms with E-state index in [1.54, 1.807) is 30.7 Å². The zero-order chi connectivity index (χ0) is 14.4. The number of benzene rings is 1. The van der Waals surface area contributed by atoms with Crippen molar-refractivity contribution in [3.05, 3.63) is 46.5 Å². The molecule has 0 saturated heterocycles. The molecule has 7 heteroatoms. The number of rotatable bonds is 6. The van der Waals surface area contributed by atoms with E-state index >= 15 is 0 Å². The SMILES string of the molecule is O=C(COc1cc(Cl)ccc1Cl)NCCc1cnc[nH]1. The number of H-pyrrole nitrogens is 1. The Balaban J connectivity index is 1.73. The minimum Gasteiger partial charge on any atom is -0.482 e. The normalized spacial score (nSPS) is 10.3. The van der Waals surface area contributed by atoms with Crippen molar-refractivity contribution in [2.75, 3.05) is 13.2 Å². The maximum absolute atomic E-state index is 11.6. The molecule has 0 aliphatic heterocycles. The summed E-state index contributed by atoms with van der Waals surface area (Å²) in [4.78, 5) is 18.5. The molecule has 1 aromatic heterocycles. The van der Waals surface area contributed by atoms with Crippen molar-refractivity contribution in [1.82, 2.24) is 15.3 Å². The number of hydrogen-bond donors (Lipinski definition) is 2. The molecule has 5 nitrogen and oxygen atoms in total. The second-order valence-electron chi connectivity index (χ2n) is 4.04. The van der Waals surface area contributed by atoms with Gasteiger partial charge in [-0.05, 0) is 12.1 Å². The molecule has 0 aliphatic carbocycles. The average molecular weight is 314 g/mol. The fourth-order valence-electron chi connectivity index (χ4n) is 1.54. The molecular weight excluding hydrogens is 301 g/mol. The molecule has 2 aromatic rings. The molecule has 0 atom stereocenters. The lowest BCUT2D eigenvalue weighted by atomic mass is 10.3. The first-order valence-electron chi connectivity index (χ1n) is 5.97. The largest absolute Gasteiger partial charge is 0.482 e. The molecule has 20 heavy (non-hydrogen) atoms. The molecule has 2 N–H and O–H groups in total. The van der Waals surface area contributed by atoms with Crippen LogP contribution in [0.3, 0.4) is 0 Å². The van der Waals surface area contributed by atoms with Gasteiger partial charge in [-0.2, -0.15) is 0 Å². The van der Waals surface area contributed by atoms with Gasteiger partial charge in [0.05, 0.1) is 11.3 Å². The van der Waals surface area contributed by atoms with Crippen LogP contribution >= 0.6 is 23.2 Å². The summed E-state index contributed by atoms with van der Waals surface area (Å²) >= 11 is 11.7. The van der Waals surface area contributed by atoms with Crippen molar-refractivity contribution in [1.29, 1.82) is 0 Å². The van der Waals surface area contributed by atoms with E-state index < -0.39 is 0 Å². The number of imidazole rings is 1. The van der Waals surface area contributed by atoms with Crippen LogP contribution in [-0.2, 0) is 11.2 Å². The van der Waals surface area contributed by atoms with E-state index in [0.717, 1.165) is 5.69 Å². The minimum atomic E-state index is -0.222. The lowest BCUT2D eigenvalue weighted by Gasteiger charge is -2.08. The molecule has 0 radical (unpaired) electrons. The topological polar surface area (TPSA) is 67.0 Å². The number of aromatic amines is 1. The lowest BCUT2D eigenvalue weighted by Crippen LogP contribution is -2.30. The van der Waals surface area contributed by atoms with Gasteiger partial charge in [0.1, 0.15) is 5.75 Å². The molecule has 0 bridgehead atoms. The molecule has 1 heterocycles. The van der Waals surface area contributed by atoms with Crippen molar-refractivity contribution in [3.63, 3.8) is 0 Å². The summed E-state index contributed by atoms with van der Waals surface area (Å²) in [5.41, 5.74) is 0.962. The number of ether oxygens (including phenoxy) is 1. The Hall–Kier alpha value is -1.72. The second-order valence-corrected chi connectivity index (χ2v) is 4.88. The number of aromatic nitrogens is 2. The first kappa shape index (κ1) is 14.7. The fourth-order valence-corrected chi connectivity index (χ4v) is 1.87. The number of hydrogen-bond acceptors (Lipinski definition) is 3. The molecule has 0 saturated carbocycles. The van der Waals surface area contributed by atoms with Crippen LogP contribution in [0.4, 0.5) is 0 Å². The highest BCUT2D eigenvalue weighted by molar-refractivity contribution is 6.34. The Labute approximate surface area is 126 Å². The highest BCUT2D eigenvalue weighted by Crippen LogP contribution is 2.27. The number of carbonyl (C=O) groups excluding carboxylic acids is 1. The smallest absolute Gasteiger partial charge is 0.257 e. The Morgan fingerprint density at radius 1 is 1.40 bits per heavy atom. The van der Waals surface area contributed by atoms with Crippen molar-refractivity contribution < 1.29 is 9.53 Å². The number of amides is 1. The summed E-state index contributed by atoms with van der Waals surface area (Å²) in [6, 6.07) is 4.85. The van der Waals surface area contributed by atoms with Gasteiger partial charge in [-0.15, -0.1) is 0 Å². The van der Waals surface area contributed by atoms with Crippen LogP contribution in [0.2, 0.25) is 10.0 Å². The summed E-state index contributed by atoms with van der Waals surface area (Å²) < 4.78 is 5.32. The Morgan fingerprint density at radius 2 is 2.25 bits per heavy atom. The summed E-state index contributed by atoms with van der Waals surface area (Å²) in [6.07, 6.45) is 4.00. The Kier molecular flexibility index (Phi) is 5.26. The maximum Gasteiger partial charge on any atom is 0.257 e. The molecule has 2 rings (SSSR count). The van der Waals surface area contributed by atoms with E-state index in [1.165, 1.54) is 0 Å². The Bertz CT molecular complexity index is 573. The van der Waals surface area contributed by atoms with E-state index in [9.17, 15) is 4.79 Å². The van der Waals surface area contributed by atoms with Crippen LogP contribution in [-0.4, -0.2) is 29.0 Å². The van der Waals surface area contributed by atoms with Gasteiger partial charge in [0.15, 0.2) is 6.61 Å². The highest BCUT2D eigenvalue weighted by atomic mass is 35.5. The van der Waals surface area contributed by atoms with Crippen LogP contribution in [0.15, 0.2) is 30.7 Å². The predicted molar refractivity (Wildman–Crippen MR) is 77.3 cm³/mol. The number of halogens is 2. The molecule has 1 amide bonds. The molecule has 0 unspecified atom stereocenters. The van der Waals surface area contributed by atoms with Crippen molar-refractivity contribution >= 4 is 29.1 Å². The van der Waals surface area contributed by atoms with Gasteiger partial charge in [0.2, 0.25) is 0 Å². The average Bonchev–Trinajstić information content (AvgIpc) is 2.93. The summed E-state index contributed by atoms with van der Waals surface area (Å²) in [5.74, 6) is 0.170. The van der Waals surface area contributed by atoms with Gasteiger partial charge in [0, 0.05) is 35.9 Å². The summed E-state index contributed by atoms with van der Waals surface area (Å²) in [6.45, 7) is 0.400. The third-order valence-corrected chi connectivity index (χ3v) is 3.07. The van der Waals surface area contributed by atoms with E-state index in [2.05, 4.69) is 15.3 Å². The molecule has 106 valence electrons.